The number of aliphatic hydroxyl groups excluding tert-OH is 3. The number of aliphatic hydroxyl groups is 5. The fourth-order valence-electron chi connectivity index (χ4n) is 2.57. The summed E-state index contributed by atoms with van der Waals surface area (Å²) in [6.07, 6.45) is -6.48. The zero-order valence-corrected chi connectivity index (χ0v) is 13.2. The second kappa shape index (κ2) is 7.70. The van der Waals surface area contributed by atoms with Crippen LogP contribution in [0.5, 0.6) is 0 Å². The molecule has 6 atom stereocenters. The number of nitrogens with one attached hydrogen (secondary N) is 1. The van der Waals surface area contributed by atoms with Crippen molar-refractivity contribution in [1.82, 2.24) is 5.32 Å². The Morgan fingerprint density at radius 3 is 2.38 bits per heavy atom. The van der Waals surface area contributed by atoms with E-state index in [1.807, 2.05) is 0 Å². The molecule has 1 heterocycles. The van der Waals surface area contributed by atoms with Crippen molar-refractivity contribution >= 4 is 11.9 Å². The molecule has 0 spiro atoms. The average Bonchev–Trinajstić information content (AvgIpc) is 2.48. The fourth-order valence-corrected chi connectivity index (χ4v) is 2.57. The number of carbonyl (C=O) groups is 2. The Kier molecular flexibility index (Phi) is 6.64. The molecule has 11 heteroatoms. The first-order chi connectivity index (χ1) is 11.0. The van der Waals surface area contributed by atoms with Crippen LogP contribution in [0.15, 0.2) is 0 Å². The van der Waals surface area contributed by atoms with E-state index < -0.39 is 60.8 Å². The molecule has 0 aromatic rings. The molecule has 0 bridgehead atoms. The molecule has 1 aliphatic rings. The van der Waals surface area contributed by atoms with Gasteiger partial charge in [-0.3, -0.25) is 4.79 Å². The number of carboxylic acid groups (broad SMARTS) is 1. The van der Waals surface area contributed by atoms with Crippen molar-refractivity contribution in [2.24, 2.45) is 0 Å². The van der Waals surface area contributed by atoms with E-state index in [9.17, 15) is 30.0 Å². The molecule has 11 nitrogen and oxygen atoms in total. The number of ether oxygens (including phenoxy) is 2. The second-order valence-corrected chi connectivity index (χ2v) is 5.55. The zero-order chi connectivity index (χ0) is 18.7. The molecule has 0 unspecified atom stereocenters. The Labute approximate surface area is 137 Å². The van der Waals surface area contributed by atoms with Gasteiger partial charge in [0.15, 0.2) is 5.79 Å². The summed E-state index contributed by atoms with van der Waals surface area (Å²) in [6, 6.07) is -1.52. The minimum Gasteiger partial charge on any atom is -0.477 e. The Morgan fingerprint density at radius 2 is 1.96 bits per heavy atom. The summed E-state index contributed by atoms with van der Waals surface area (Å²) in [7, 11) is 0. The van der Waals surface area contributed by atoms with Crippen LogP contribution in [0, 0.1) is 0 Å². The van der Waals surface area contributed by atoms with E-state index in [1.165, 1.54) is 6.92 Å². The molecular formula is C13H23NO10. The maximum atomic E-state index is 11.4. The summed E-state index contributed by atoms with van der Waals surface area (Å²) in [5, 5.41) is 60.8. The zero-order valence-electron chi connectivity index (χ0n) is 13.2. The van der Waals surface area contributed by atoms with Crippen molar-refractivity contribution in [3.63, 3.8) is 0 Å². The van der Waals surface area contributed by atoms with Crippen LogP contribution in [0.4, 0.5) is 0 Å². The van der Waals surface area contributed by atoms with E-state index in [4.69, 9.17) is 19.7 Å². The summed E-state index contributed by atoms with van der Waals surface area (Å²) >= 11 is 0. The Balaban J connectivity index is 3.34. The van der Waals surface area contributed by atoms with E-state index in [0.29, 0.717) is 0 Å². The molecular weight excluding hydrogens is 330 g/mol. The number of aliphatic carboxylic acids is 1. The summed E-state index contributed by atoms with van der Waals surface area (Å²) < 4.78 is 10.1. The molecule has 0 aliphatic carbocycles. The van der Waals surface area contributed by atoms with Gasteiger partial charge in [-0.15, -0.1) is 0 Å². The molecule has 140 valence electrons. The van der Waals surface area contributed by atoms with Crippen molar-refractivity contribution in [3.8, 4) is 0 Å². The van der Waals surface area contributed by atoms with E-state index in [0.717, 1.165) is 6.92 Å². The van der Waals surface area contributed by atoms with Crippen molar-refractivity contribution < 1.29 is 49.7 Å². The summed E-state index contributed by atoms with van der Waals surface area (Å²) in [5.74, 6) is -7.89. The Bertz CT molecular complexity index is 474. The summed E-state index contributed by atoms with van der Waals surface area (Å²) in [4.78, 5) is 22.7. The maximum Gasteiger partial charge on any atom is 0.364 e. The highest BCUT2D eigenvalue weighted by atomic mass is 16.7. The smallest absolute Gasteiger partial charge is 0.364 e. The van der Waals surface area contributed by atoms with Crippen LogP contribution < -0.4 is 5.32 Å². The van der Waals surface area contributed by atoms with E-state index in [-0.39, 0.29) is 6.61 Å². The van der Waals surface area contributed by atoms with Gasteiger partial charge in [0.25, 0.3) is 5.79 Å². The third kappa shape index (κ3) is 4.19. The standard InChI is InChI=1S/C13H23NO10/c1-3-23-12(21)5-13(22,11(19)20)24-9(8(18)7(17)4-15)10(12)14-6(2)16/h7-10,15,17-18,21-22H,3-5H2,1-2H3,(H,14,16)(H,19,20)/t7-,8-,9+,10+,12-,13+/m1/s1. The van der Waals surface area contributed by atoms with Gasteiger partial charge in [0, 0.05) is 13.5 Å². The van der Waals surface area contributed by atoms with Gasteiger partial charge in [-0.1, -0.05) is 0 Å². The van der Waals surface area contributed by atoms with Gasteiger partial charge in [-0.2, -0.15) is 0 Å². The van der Waals surface area contributed by atoms with Crippen LogP contribution in [0.2, 0.25) is 0 Å². The largest absolute Gasteiger partial charge is 0.477 e. The molecule has 0 aromatic heterocycles. The first kappa shape index (κ1) is 20.7. The van der Waals surface area contributed by atoms with Crippen molar-refractivity contribution in [1.29, 1.82) is 0 Å². The molecule has 0 aromatic carbocycles. The molecule has 1 saturated heterocycles. The lowest BCUT2D eigenvalue weighted by Crippen LogP contribution is -2.73. The lowest BCUT2D eigenvalue weighted by Gasteiger charge is -2.50. The molecule has 0 radical (unpaired) electrons. The Morgan fingerprint density at radius 1 is 1.38 bits per heavy atom. The van der Waals surface area contributed by atoms with Gasteiger partial charge in [-0.25, -0.2) is 4.79 Å². The molecule has 1 aliphatic heterocycles. The average molecular weight is 353 g/mol. The third-order valence-corrected chi connectivity index (χ3v) is 3.64. The molecule has 1 rings (SSSR count). The number of amides is 1. The van der Waals surface area contributed by atoms with E-state index in [1.54, 1.807) is 0 Å². The molecule has 1 amide bonds. The first-order valence-corrected chi connectivity index (χ1v) is 7.24. The van der Waals surface area contributed by atoms with Gasteiger partial charge in [0.1, 0.15) is 24.4 Å². The molecule has 7 N–H and O–H groups in total. The second-order valence-electron chi connectivity index (χ2n) is 5.55. The molecule has 24 heavy (non-hydrogen) atoms. The van der Waals surface area contributed by atoms with Crippen LogP contribution in [0.25, 0.3) is 0 Å². The van der Waals surface area contributed by atoms with E-state index >= 15 is 0 Å². The van der Waals surface area contributed by atoms with Crippen molar-refractivity contribution in [2.75, 3.05) is 13.2 Å². The van der Waals surface area contributed by atoms with Crippen LogP contribution in [-0.4, -0.2) is 91.7 Å². The molecule has 1 fully saturated rings. The van der Waals surface area contributed by atoms with Gasteiger partial charge in [-0.05, 0) is 6.92 Å². The number of carbonyl (C=O) groups excluding carboxylic acids is 1. The minimum atomic E-state index is -2.94. The van der Waals surface area contributed by atoms with Crippen LogP contribution in [0.3, 0.4) is 0 Å². The normalized spacial score (nSPS) is 36.0. The number of hydrogen-bond donors (Lipinski definition) is 7. The van der Waals surface area contributed by atoms with Gasteiger partial charge >= 0.3 is 5.97 Å². The number of carboxylic acids is 1. The monoisotopic (exact) mass is 353 g/mol. The summed E-state index contributed by atoms with van der Waals surface area (Å²) in [5.41, 5.74) is 0. The lowest BCUT2D eigenvalue weighted by molar-refractivity contribution is -0.361. The first-order valence-electron chi connectivity index (χ1n) is 7.24. The van der Waals surface area contributed by atoms with E-state index in [2.05, 4.69) is 5.32 Å². The quantitative estimate of drug-likeness (QED) is 0.226. The predicted octanol–water partition coefficient (Wildman–Crippen LogP) is -3.51. The maximum absolute atomic E-state index is 11.4. The highest BCUT2D eigenvalue weighted by molar-refractivity contribution is 5.76. The van der Waals surface area contributed by atoms with Crippen molar-refractivity contribution in [3.05, 3.63) is 0 Å². The lowest BCUT2D eigenvalue weighted by atomic mass is 9.85. The highest BCUT2D eigenvalue weighted by Crippen LogP contribution is 2.37. The Hall–Kier alpha value is -1.34. The highest BCUT2D eigenvalue weighted by Gasteiger charge is 2.61. The van der Waals surface area contributed by atoms with Gasteiger partial charge in [0.2, 0.25) is 5.91 Å². The topological polar surface area (TPSA) is 186 Å². The van der Waals surface area contributed by atoms with Gasteiger partial charge < -0.3 is 45.4 Å². The van der Waals surface area contributed by atoms with Crippen LogP contribution in [-0.2, 0) is 19.1 Å². The number of hydrogen-bond acceptors (Lipinski definition) is 9. The number of rotatable bonds is 7. The van der Waals surface area contributed by atoms with Crippen LogP contribution >= 0.6 is 0 Å². The predicted molar refractivity (Wildman–Crippen MR) is 75.4 cm³/mol. The van der Waals surface area contributed by atoms with Crippen molar-refractivity contribution in [2.45, 2.75) is 56.2 Å². The van der Waals surface area contributed by atoms with Gasteiger partial charge in [0.05, 0.1) is 13.0 Å². The third-order valence-electron chi connectivity index (χ3n) is 3.64. The SMILES string of the molecule is CCO[C@]1(O)C[C@@](O)(C(=O)O)O[C@@H]([C@H](O)[C@H](O)CO)[C@@H]1NC(C)=O. The summed E-state index contributed by atoms with van der Waals surface area (Å²) in [6.45, 7) is 1.54. The minimum absolute atomic E-state index is 0.117. The molecule has 0 saturated carbocycles. The fraction of sp³-hybridized carbons (Fsp3) is 0.846. The van der Waals surface area contributed by atoms with Crippen LogP contribution in [0.1, 0.15) is 20.3 Å².